The molecule has 3 rings (SSSR count). The van der Waals surface area contributed by atoms with Crippen molar-refractivity contribution in [2.45, 2.75) is 6.18 Å². The lowest BCUT2D eigenvalue weighted by molar-refractivity contribution is -0.136. The number of anilines is 2. The van der Waals surface area contributed by atoms with Crippen molar-refractivity contribution in [3.8, 4) is 17.2 Å². The summed E-state index contributed by atoms with van der Waals surface area (Å²) in [5.74, 6) is -0.976. The molecule has 0 atom stereocenters. The van der Waals surface area contributed by atoms with Crippen LogP contribution < -0.4 is 24.8 Å². The van der Waals surface area contributed by atoms with Crippen LogP contribution in [0.4, 0.5) is 24.5 Å². The first-order valence-corrected chi connectivity index (χ1v) is 9.34. The van der Waals surface area contributed by atoms with E-state index in [9.17, 15) is 22.8 Å². The van der Waals surface area contributed by atoms with E-state index in [1.165, 1.54) is 51.9 Å². The van der Waals surface area contributed by atoms with Crippen LogP contribution in [0.2, 0.25) is 0 Å². The molecule has 0 bridgehead atoms. The molecule has 33 heavy (non-hydrogen) atoms. The molecule has 8 nitrogen and oxygen atoms in total. The van der Waals surface area contributed by atoms with Gasteiger partial charge in [0.1, 0.15) is 12.0 Å². The normalized spacial score (nSPS) is 11.0. The molecule has 0 aliphatic rings. The van der Waals surface area contributed by atoms with E-state index in [4.69, 9.17) is 18.6 Å². The second-order valence-electron chi connectivity index (χ2n) is 6.59. The van der Waals surface area contributed by atoms with Crippen molar-refractivity contribution in [3.05, 3.63) is 65.6 Å². The number of hydrogen-bond donors (Lipinski definition) is 2. The zero-order chi connectivity index (χ0) is 24.2. The van der Waals surface area contributed by atoms with Crippen LogP contribution in [0.1, 0.15) is 26.3 Å². The number of carbonyl (C=O) groups excluding carboxylic acids is 2. The fourth-order valence-electron chi connectivity index (χ4n) is 2.96. The summed E-state index contributed by atoms with van der Waals surface area (Å²) in [5.41, 5.74) is -1.71. The van der Waals surface area contributed by atoms with Gasteiger partial charge >= 0.3 is 6.18 Å². The Morgan fingerprint density at radius 2 is 1.52 bits per heavy atom. The van der Waals surface area contributed by atoms with Gasteiger partial charge in [-0.15, -0.1) is 0 Å². The van der Waals surface area contributed by atoms with E-state index in [2.05, 4.69) is 10.6 Å². The summed E-state index contributed by atoms with van der Waals surface area (Å²) in [5, 5.41) is 4.59. The molecule has 0 aliphatic carbocycles. The van der Waals surface area contributed by atoms with Crippen LogP contribution in [0.5, 0.6) is 17.2 Å². The average Bonchev–Trinajstić information content (AvgIpc) is 3.33. The number of rotatable bonds is 7. The number of furan rings is 1. The minimum atomic E-state index is -4.82. The van der Waals surface area contributed by atoms with Gasteiger partial charge in [-0.2, -0.15) is 13.2 Å². The first kappa shape index (κ1) is 23.5. The second kappa shape index (κ2) is 9.55. The summed E-state index contributed by atoms with van der Waals surface area (Å²) in [6, 6.07) is 7.03. The lowest BCUT2D eigenvalue weighted by Gasteiger charge is -2.17. The van der Waals surface area contributed by atoms with Gasteiger partial charge in [0.25, 0.3) is 11.8 Å². The van der Waals surface area contributed by atoms with Crippen LogP contribution in [0.25, 0.3) is 0 Å². The molecule has 0 aliphatic heterocycles. The van der Waals surface area contributed by atoms with Crippen LogP contribution >= 0.6 is 0 Å². The number of halogens is 3. The topological polar surface area (TPSA) is 99.0 Å². The van der Waals surface area contributed by atoms with Gasteiger partial charge in [-0.25, -0.2) is 0 Å². The molecule has 0 radical (unpaired) electrons. The maximum absolute atomic E-state index is 13.7. The molecule has 0 fully saturated rings. The molecule has 3 aromatic rings. The summed E-state index contributed by atoms with van der Waals surface area (Å²) in [6.07, 6.45) is -2.40. The zero-order valence-electron chi connectivity index (χ0n) is 17.7. The molecule has 2 N–H and O–H groups in total. The van der Waals surface area contributed by atoms with Crippen molar-refractivity contribution in [2.75, 3.05) is 32.0 Å². The smallest absolute Gasteiger partial charge is 0.418 e. The van der Waals surface area contributed by atoms with E-state index in [0.717, 1.165) is 18.4 Å². The highest BCUT2D eigenvalue weighted by atomic mass is 19.4. The Labute approximate surface area is 186 Å². The predicted molar refractivity (Wildman–Crippen MR) is 112 cm³/mol. The van der Waals surface area contributed by atoms with Gasteiger partial charge in [0, 0.05) is 17.8 Å². The number of nitrogens with one attached hydrogen (secondary N) is 2. The molecule has 11 heteroatoms. The number of hydrogen-bond acceptors (Lipinski definition) is 6. The third kappa shape index (κ3) is 5.20. The molecule has 0 saturated heterocycles. The summed E-state index contributed by atoms with van der Waals surface area (Å²) < 4.78 is 61.4. The van der Waals surface area contributed by atoms with Crippen molar-refractivity contribution in [1.82, 2.24) is 0 Å². The second-order valence-corrected chi connectivity index (χ2v) is 6.59. The summed E-state index contributed by atoms with van der Waals surface area (Å²) in [4.78, 5) is 24.9. The van der Waals surface area contributed by atoms with Gasteiger partial charge in [-0.05, 0) is 24.3 Å². The number of methoxy groups -OCH3 is 3. The van der Waals surface area contributed by atoms with Crippen molar-refractivity contribution in [3.63, 3.8) is 0 Å². The zero-order valence-corrected chi connectivity index (χ0v) is 17.7. The highest BCUT2D eigenvalue weighted by Gasteiger charge is 2.35. The van der Waals surface area contributed by atoms with Crippen LogP contribution in [-0.4, -0.2) is 33.1 Å². The van der Waals surface area contributed by atoms with Gasteiger partial charge in [0.2, 0.25) is 0 Å². The number of benzene rings is 2. The van der Waals surface area contributed by atoms with Crippen molar-refractivity contribution >= 4 is 23.2 Å². The maximum Gasteiger partial charge on any atom is 0.418 e. The van der Waals surface area contributed by atoms with E-state index < -0.39 is 29.2 Å². The summed E-state index contributed by atoms with van der Waals surface area (Å²) in [6.45, 7) is 0. The molecule has 0 unspecified atom stereocenters. The Balaban J connectivity index is 1.93. The van der Waals surface area contributed by atoms with E-state index >= 15 is 0 Å². The van der Waals surface area contributed by atoms with E-state index in [1.807, 2.05) is 0 Å². The summed E-state index contributed by atoms with van der Waals surface area (Å²) in [7, 11) is 4.04. The van der Waals surface area contributed by atoms with Gasteiger partial charge in [0.15, 0.2) is 11.5 Å². The Morgan fingerprint density at radius 3 is 2.09 bits per heavy atom. The highest BCUT2D eigenvalue weighted by Crippen LogP contribution is 2.38. The minimum absolute atomic E-state index is 0.0689. The molecule has 0 spiro atoms. The van der Waals surface area contributed by atoms with E-state index in [-0.39, 0.29) is 34.1 Å². The highest BCUT2D eigenvalue weighted by molar-refractivity contribution is 6.08. The Morgan fingerprint density at radius 1 is 0.848 bits per heavy atom. The van der Waals surface area contributed by atoms with Crippen molar-refractivity contribution < 1.29 is 41.4 Å². The van der Waals surface area contributed by atoms with Gasteiger partial charge in [-0.3, -0.25) is 9.59 Å². The molecular weight excluding hydrogens is 445 g/mol. The first-order valence-electron chi connectivity index (χ1n) is 9.34. The number of ether oxygens (including phenoxy) is 3. The lowest BCUT2D eigenvalue weighted by Crippen LogP contribution is -2.18. The largest absolute Gasteiger partial charge is 0.496 e. The molecule has 1 aromatic heterocycles. The van der Waals surface area contributed by atoms with Gasteiger partial charge in [-0.1, -0.05) is 0 Å². The molecule has 2 amide bonds. The van der Waals surface area contributed by atoms with Gasteiger partial charge < -0.3 is 29.3 Å². The lowest BCUT2D eigenvalue weighted by atomic mass is 10.1. The minimum Gasteiger partial charge on any atom is -0.496 e. The average molecular weight is 464 g/mol. The standard InChI is InChI=1S/C22H19F3N2O6/c1-30-17-10-19(32-3)18(31-2)9-14(17)21(29)27-16-5-4-13(8-15(16)22(23,24)25)26-20(28)12-6-7-33-11-12/h4-11H,1-3H3,(H,26,28)(H,27,29). The Bertz CT molecular complexity index is 1160. The predicted octanol–water partition coefficient (Wildman–Crippen LogP) is 4.83. The Hall–Kier alpha value is -4.15. The quantitative estimate of drug-likeness (QED) is 0.520. The molecular formula is C22H19F3N2O6. The van der Waals surface area contributed by atoms with E-state index in [1.54, 1.807) is 0 Å². The number of carbonyl (C=O) groups is 2. The van der Waals surface area contributed by atoms with Crippen molar-refractivity contribution in [1.29, 1.82) is 0 Å². The van der Waals surface area contributed by atoms with Crippen LogP contribution in [-0.2, 0) is 6.18 Å². The SMILES string of the molecule is COc1cc(OC)c(C(=O)Nc2ccc(NC(=O)c3ccoc3)cc2C(F)(F)F)cc1OC. The fourth-order valence-corrected chi connectivity index (χ4v) is 2.96. The van der Waals surface area contributed by atoms with E-state index in [0.29, 0.717) is 0 Å². The molecule has 2 aromatic carbocycles. The number of alkyl halides is 3. The maximum atomic E-state index is 13.7. The molecule has 1 heterocycles. The van der Waals surface area contributed by atoms with Crippen LogP contribution in [0.15, 0.2) is 53.3 Å². The third-order valence-corrected chi connectivity index (χ3v) is 4.56. The molecule has 0 saturated carbocycles. The fraction of sp³-hybridized carbons (Fsp3) is 0.182. The third-order valence-electron chi connectivity index (χ3n) is 4.56. The summed E-state index contributed by atoms with van der Waals surface area (Å²) >= 11 is 0. The Kier molecular flexibility index (Phi) is 6.80. The number of amides is 2. The monoisotopic (exact) mass is 464 g/mol. The van der Waals surface area contributed by atoms with Crippen molar-refractivity contribution in [2.24, 2.45) is 0 Å². The van der Waals surface area contributed by atoms with Crippen LogP contribution in [0.3, 0.4) is 0 Å². The first-order chi connectivity index (χ1) is 15.7. The van der Waals surface area contributed by atoms with Crippen LogP contribution in [0, 0.1) is 0 Å². The van der Waals surface area contributed by atoms with Gasteiger partial charge in [0.05, 0.1) is 50.0 Å². The molecule has 174 valence electrons.